The molecule has 25 heavy (non-hydrogen) atoms. The quantitative estimate of drug-likeness (QED) is 0.850. The Kier molecular flexibility index (Phi) is 6.31. The molecule has 0 heterocycles. The second-order valence-electron chi connectivity index (χ2n) is 6.38. The van der Waals surface area contributed by atoms with Crippen molar-refractivity contribution >= 4 is 23.2 Å². The van der Waals surface area contributed by atoms with Crippen LogP contribution in [0.1, 0.15) is 16.7 Å². The normalized spacial score (nSPS) is 10.6. The van der Waals surface area contributed by atoms with Crippen molar-refractivity contribution in [3.63, 3.8) is 0 Å². The lowest BCUT2D eigenvalue weighted by atomic mass is 10.1. The summed E-state index contributed by atoms with van der Waals surface area (Å²) in [5, 5.41) is 5.73. The molecule has 2 N–H and O–H groups in total. The molecule has 2 aromatic rings. The molecule has 0 unspecified atom stereocenters. The Bertz CT molecular complexity index is 754. The van der Waals surface area contributed by atoms with Gasteiger partial charge < -0.3 is 10.6 Å². The first-order valence-electron chi connectivity index (χ1n) is 8.26. The zero-order chi connectivity index (χ0) is 18.4. The van der Waals surface area contributed by atoms with Crippen molar-refractivity contribution in [2.75, 3.05) is 30.8 Å². The highest BCUT2D eigenvalue weighted by atomic mass is 16.2. The zero-order valence-corrected chi connectivity index (χ0v) is 15.2. The molecule has 132 valence electrons. The standard InChI is InChI=1S/C20H25N3O2/c1-14-8-10-17(11-9-14)21-19(24)12-23(4)13-20(25)22-18-7-5-6-15(2)16(18)3/h5-11H,12-13H2,1-4H3,(H,21,24)(H,22,25). The van der Waals surface area contributed by atoms with Crippen LogP contribution in [0.2, 0.25) is 0 Å². The maximum Gasteiger partial charge on any atom is 0.238 e. The van der Waals surface area contributed by atoms with Gasteiger partial charge in [-0.05, 0) is 57.1 Å². The van der Waals surface area contributed by atoms with Crippen LogP contribution >= 0.6 is 0 Å². The van der Waals surface area contributed by atoms with E-state index in [0.29, 0.717) is 0 Å². The van der Waals surface area contributed by atoms with Crippen molar-refractivity contribution in [2.45, 2.75) is 20.8 Å². The average molecular weight is 339 g/mol. The first-order valence-corrected chi connectivity index (χ1v) is 8.26. The van der Waals surface area contributed by atoms with Gasteiger partial charge in [-0.1, -0.05) is 29.8 Å². The van der Waals surface area contributed by atoms with Gasteiger partial charge in [-0.25, -0.2) is 0 Å². The molecule has 0 aliphatic heterocycles. The lowest BCUT2D eigenvalue weighted by Gasteiger charge is -2.17. The third kappa shape index (κ3) is 5.72. The van der Waals surface area contributed by atoms with Gasteiger partial charge in [-0.2, -0.15) is 0 Å². The fourth-order valence-corrected chi connectivity index (χ4v) is 2.46. The van der Waals surface area contributed by atoms with E-state index in [0.717, 1.165) is 28.1 Å². The van der Waals surface area contributed by atoms with E-state index in [1.165, 1.54) is 0 Å². The molecule has 0 aliphatic rings. The predicted octanol–water partition coefficient (Wildman–Crippen LogP) is 3.12. The highest BCUT2D eigenvalue weighted by Crippen LogP contribution is 2.17. The van der Waals surface area contributed by atoms with E-state index in [4.69, 9.17) is 0 Å². The van der Waals surface area contributed by atoms with Crippen molar-refractivity contribution in [2.24, 2.45) is 0 Å². The molecule has 2 rings (SSSR count). The molecule has 0 aliphatic carbocycles. The van der Waals surface area contributed by atoms with Crippen LogP contribution in [0.5, 0.6) is 0 Å². The number of carbonyl (C=O) groups excluding carboxylic acids is 2. The van der Waals surface area contributed by atoms with Gasteiger partial charge in [-0.3, -0.25) is 14.5 Å². The minimum atomic E-state index is -0.147. The Morgan fingerprint density at radius 2 is 1.48 bits per heavy atom. The molecule has 0 bridgehead atoms. The van der Waals surface area contributed by atoms with Crippen LogP contribution < -0.4 is 10.6 Å². The molecule has 5 nitrogen and oxygen atoms in total. The third-order valence-electron chi connectivity index (χ3n) is 4.04. The fraction of sp³-hybridized carbons (Fsp3) is 0.300. The van der Waals surface area contributed by atoms with Gasteiger partial charge in [0.1, 0.15) is 0 Å². The third-order valence-corrected chi connectivity index (χ3v) is 4.04. The van der Waals surface area contributed by atoms with Gasteiger partial charge in [0.05, 0.1) is 13.1 Å². The summed E-state index contributed by atoms with van der Waals surface area (Å²) in [6, 6.07) is 13.4. The van der Waals surface area contributed by atoms with Gasteiger partial charge in [0, 0.05) is 11.4 Å². The smallest absolute Gasteiger partial charge is 0.238 e. The number of hydrogen-bond donors (Lipinski definition) is 2. The van der Waals surface area contributed by atoms with E-state index < -0.39 is 0 Å². The zero-order valence-electron chi connectivity index (χ0n) is 15.2. The van der Waals surface area contributed by atoms with Crippen molar-refractivity contribution < 1.29 is 9.59 Å². The van der Waals surface area contributed by atoms with Gasteiger partial charge in [-0.15, -0.1) is 0 Å². The van der Waals surface area contributed by atoms with E-state index in [-0.39, 0.29) is 24.9 Å². The Hall–Kier alpha value is -2.66. The lowest BCUT2D eigenvalue weighted by Crippen LogP contribution is -2.36. The molecule has 0 atom stereocenters. The summed E-state index contributed by atoms with van der Waals surface area (Å²) in [4.78, 5) is 25.9. The molecular formula is C20H25N3O2. The molecular weight excluding hydrogens is 314 g/mol. The highest BCUT2D eigenvalue weighted by Gasteiger charge is 2.12. The lowest BCUT2D eigenvalue weighted by molar-refractivity contribution is -0.119. The maximum absolute atomic E-state index is 12.2. The molecule has 0 radical (unpaired) electrons. The van der Waals surface area contributed by atoms with Crippen molar-refractivity contribution in [3.05, 3.63) is 59.2 Å². The Morgan fingerprint density at radius 3 is 2.12 bits per heavy atom. The summed E-state index contributed by atoms with van der Waals surface area (Å²) in [5.74, 6) is -0.287. The van der Waals surface area contributed by atoms with Gasteiger partial charge in [0.15, 0.2) is 0 Å². The number of aryl methyl sites for hydroxylation is 2. The monoisotopic (exact) mass is 339 g/mol. The summed E-state index contributed by atoms with van der Waals surface area (Å²) in [6.07, 6.45) is 0. The fourth-order valence-electron chi connectivity index (χ4n) is 2.46. The summed E-state index contributed by atoms with van der Waals surface area (Å²) >= 11 is 0. The number of carbonyl (C=O) groups is 2. The number of rotatable bonds is 6. The molecule has 2 amide bonds. The van der Waals surface area contributed by atoms with E-state index in [1.54, 1.807) is 11.9 Å². The van der Waals surface area contributed by atoms with Crippen LogP contribution in [-0.2, 0) is 9.59 Å². The molecule has 5 heteroatoms. The molecule has 2 aromatic carbocycles. The van der Waals surface area contributed by atoms with Crippen LogP contribution in [0.4, 0.5) is 11.4 Å². The first-order chi connectivity index (χ1) is 11.8. The molecule has 0 aromatic heterocycles. The number of anilines is 2. The van der Waals surface area contributed by atoms with Crippen molar-refractivity contribution in [3.8, 4) is 0 Å². The van der Waals surface area contributed by atoms with Gasteiger partial charge in [0.2, 0.25) is 11.8 Å². The van der Waals surface area contributed by atoms with Crippen LogP contribution in [0, 0.1) is 20.8 Å². The van der Waals surface area contributed by atoms with E-state index in [2.05, 4.69) is 10.6 Å². The maximum atomic E-state index is 12.2. The second kappa shape index (κ2) is 8.44. The van der Waals surface area contributed by atoms with Crippen LogP contribution in [0.25, 0.3) is 0 Å². The minimum absolute atomic E-state index is 0.140. The van der Waals surface area contributed by atoms with Crippen molar-refractivity contribution in [1.29, 1.82) is 0 Å². The number of nitrogens with one attached hydrogen (secondary N) is 2. The van der Waals surface area contributed by atoms with Crippen molar-refractivity contribution in [1.82, 2.24) is 4.90 Å². The van der Waals surface area contributed by atoms with Gasteiger partial charge >= 0.3 is 0 Å². The molecule has 0 saturated heterocycles. The number of hydrogen-bond acceptors (Lipinski definition) is 3. The SMILES string of the molecule is Cc1ccc(NC(=O)CN(C)CC(=O)Nc2cccc(C)c2C)cc1. The highest BCUT2D eigenvalue weighted by molar-refractivity contribution is 5.95. The largest absolute Gasteiger partial charge is 0.325 e. The first kappa shape index (κ1) is 18.7. The second-order valence-corrected chi connectivity index (χ2v) is 6.38. The molecule has 0 spiro atoms. The summed E-state index contributed by atoms with van der Waals surface area (Å²) in [6.45, 7) is 6.27. The predicted molar refractivity (Wildman–Crippen MR) is 102 cm³/mol. The summed E-state index contributed by atoms with van der Waals surface area (Å²) in [7, 11) is 1.75. The summed E-state index contributed by atoms with van der Waals surface area (Å²) in [5.41, 5.74) is 4.88. The van der Waals surface area contributed by atoms with Crippen LogP contribution in [0.15, 0.2) is 42.5 Å². The van der Waals surface area contributed by atoms with Crippen LogP contribution in [0.3, 0.4) is 0 Å². The Labute approximate surface area is 149 Å². The average Bonchev–Trinajstić information content (AvgIpc) is 2.53. The Balaban J connectivity index is 1.83. The molecule has 0 saturated carbocycles. The molecule has 0 fully saturated rings. The number of benzene rings is 2. The van der Waals surface area contributed by atoms with E-state index >= 15 is 0 Å². The van der Waals surface area contributed by atoms with Gasteiger partial charge in [0.25, 0.3) is 0 Å². The summed E-state index contributed by atoms with van der Waals surface area (Å²) < 4.78 is 0. The van der Waals surface area contributed by atoms with E-state index in [9.17, 15) is 9.59 Å². The minimum Gasteiger partial charge on any atom is -0.325 e. The van der Waals surface area contributed by atoms with Crippen LogP contribution in [-0.4, -0.2) is 36.9 Å². The number of likely N-dealkylation sites (N-methyl/N-ethyl adjacent to an activating group) is 1. The van der Waals surface area contributed by atoms with E-state index in [1.807, 2.05) is 63.2 Å². The number of amides is 2. The number of nitrogens with zero attached hydrogens (tertiary/aromatic N) is 1. The Morgan fingerprint density at radius 1 is 0.880 bits per heavy atom. The topological polar surface area (TPSA) is 61.4 Å².